The van der Waals surface area contributed by atoms with E-state index < -0.39 is 0 Å². The molecule has 4 rings (SSSR count). The van der Waals surface area contributed by atoms with Gasteiger partial charge in [0.1, 0.15) is 5.75 Å². The Labute approximate surface area is 129 Å². The van der Waals surface area contributed by atoms with Crippen molar-refractivity contribution in [2.45, 2.75) is 26.8 Å². The molecule has 1 fully saturated rings. The van der Waals surface area contributed by atoms with Crippen LogP contribution in [0.4, 0.5) is 0 Å². The summed E-state index contributed by atoms with van der Waals surface area (Å²) in [7, 11) is 0. The zero-order valence-corrected chi connectivity index (χ0v) is 12.7. The molecule has 0 saturated heterocycles. The van der Waals surface area contributed by atoms with E-state index >= 15 is 0 Å². The van der Waals surface area contributed by atoms with Crippen molar-refractivity contribution in [1.82, 2.24) is 5.32 Å². The van der Waals surface area contributed by atoms with Gasteiger partial charge in [0, 0.05) is 12.1 Å². The molecule has 3 heteroatoms. The lowest BCUT2D eigenvalue weighted by molar-refractivity contribution is -0.117. The summed E-state index contributed by atoms with van der Waals surface area (Å²) in [5.74, 6) is 0.287. The molecule has 110 valence electrons. The second-order valence-corrected chi connectivity index (χ2v) is 6.16. The first kappa shape index (κ1) is 13.1. The van der Waals surface area contributed by atoms with Crippen molar-refractivity contribution in [1.29, 1.82) is 0 Å². The third-order valence-electron chi connectivity index (χ3n) is 4.52. The highest BCUT2D eigenvalue weighted by Gasteiger charge is 2.35. The molecule has 0 radical (unpaired) electrons. The first-order chi connectivity index (χ1) is 10.5. The van der Waals surface area contributed by atoms with Gasteiger partial charge in [0.2, 0.25) is 0 Å². The largest absolute Gasteiger partial charge is 0.507 e. The van der Waals surface area contributed by atoms with Gasteiger partial charge in [0.05, 0.1) is 0 Å². The van der Waals surface area contributed by atoms with E-state index in [2.05, 4.69) is 11.4 Å². The second kappa shape index (κ2) is 4.47. The number of fused-ring (bicyclic) bond motifs is 2. The molecule has 0 unspecified atom stereocenters. The topological polar surface area (TPSA) is 49.3 Å². The van der Waals surface area contributed by atoms with Gasteiger partial charge >= 0.3 is 0 Å². The van der Waals surface area contributed by atoms with Crippen LogP contribution in [0.3, 0.4) is 0 Å². The Bertz CT molecular complexity index is 827. The molecule has 0 aliphatic heterocycles. The predicted molar refractivity (Wildman–Crippen MR) is 85.3 cm³/mol. The highest BCUT2D eigenvalue weighted by atomic mass is 16.3. The standard InChI is InChI=1S/C19H17NO2/c1-10-5-12(6-11(2)18(10)21)9-20-19(22)15-4-3-14-16-7-13(16)8-17(14)15/h3-6,8,21H,7,9H2,1-2H3,(H,20,22). The Morgan fingerprint density at radius 3 is 2.64 bits per heavy atom. The minimum Gasteiger partial charge on any atom is -0.507 e. The van der Waals surface area contributed by atoms with Crippen molar-refractivity contribution in [3.8, 4) is 5.75 Å². The molecule has 1 amide bonds. The third kappa shape index (κ3) is 1.93. The maximum Gasteiger partial charge on any atom is 0.252 e. The van der Waals surface area contributed by atoms with E-state index in [0.717, 1.165) is 34.3 Å². The molecule has 22 heavy (non-hydrogen) atoms. The van der Waals surface area contributed by atoms with Gasteiger partial charge in [-0.2, -0.15) is 0 Å². The van der Waals surface area contributed by atoms with Crippen molar-refractivity contribution < 1.29 is 9.90 Å². The van der Waals surface area contributed by atoms with E-state index in [0.29, 0.717) is 12.3 Å². The van der Waals surface area contributed by atoms with Gasteiger partial charge in [-0.3, -0.25) is 4.79 Å². The van der Waals surface area contributed by atoms with Gasteiger partial charge in [0.15, 0.2) is 0 Å². The first-order valence-electron chi connectivity index (χ1n) is 7.48. The van der Waals surface area contributed by atoms with Gasteiger partial charge in [-0.05, 0) is 71.4 Å². The average Bonchev–Trinajstić information content (AvgIpc) is 2.97. The normalized spacial score (nSPS) is 17.6. The van der Waals surface area contributed by atoms with Gasteiger partial charge < -0.3 is 10.4 Å². The van der Waals surface area contributed by atoms with Gasteiger partial charge in [-0.1, -0.05) is 18.2 Å². The maximum atomic E-state index is 12.4. The molecule has 1 aromatic rings. The van der Waals surface area contributed by atoms with Crippen molar-refractivity contribution in [3.63, 3.8) is 0 Å². The highest BCUT2D eigenvalue weighted by molar-refractivity contribution is 6.01. The van der Waals surface area contributed by atoms with Crippen LogP contribution in [-0.2, 0) is 11.3 Å². The number of carbonyl (C=O) groups is 1. The average molecular weight is 291 g/mol. The summed E-state index contributed by atoms with van der Waals surface area (Å²) in [6, 6.07) is 3.82. The van der Waals surface area contributed by atoms with Crippen LogP contribution in [0.1, 0.15) is 23.1 Å². The van der Waals surface area contributed by atoms with E-state index in [9.17, 15) is 9.90 Å². The van der Waals surface area contributed by atoms with Gasteiger partial charge in [0.25, 0.3) is 5.91 Å². The molecule has 3 aliphatic rings. The molecule has 0 atom stereocenters. The smallest absolute Gasteiger partial charge is 0.252 e. The van der Waals surface area contributed by atoms with E-state index in [1.54, 1.807) is 0 Å². The number of aryl methyl sites for hydroxylation is 2. The second-order valence-electron chi connectivity index (χ2n) is 6.16. The Balaban J connectivity index is 1.51. The van der Waals surface area contributed by atoms with Crippen LogP contribution in [0.2, 0.25) is 0 Å². The Morgan fingerprint density at radius 2 is 1.91 bits per heavy atom. The zero-order chi connectivity index (χ0) is 15.4. The third-order valence-corrected chi connectivity index (χ3v) is 4.52. The molecule has 3 aliphatic carbocycles. The minimum absolute atomic E-state index is 0.0385. The minimum atomic E-state index is -0.0385. The number of aromatic hydroxyl groups is 1. The highest BCUT2D eigenvalue weighted by Crippen LogP contribution is 2.51. The number of amides is 1. The summed E-state index contributed by atoms with van der Waals surface area (Å²) in [6.07, 6.45) is 7.18. The molecule has 1 saturated carbocycles. The molecular formula is C19H17NO2. The number of benzene rings is 1. The Morgan fingerprint density at radius 1 is 1.18 bits per heavy atom. The van der Waals surface area contributed by atoms with Crippen molar-refractivity contribution >= 4 is 5.91 Å². The Kier molecular flexibility index (Phi) is 2.67. The molecule has 0 bridgehead atoms. The SMILES string of the molecule is Cc1cc(CNC(=O)C2=C3C=C4CC4=C3C=C2)cc(C)c1O. The van der Waals surface area contributed by atoms with E-state index in [1.807, 2.05) is 38.1 Å². The number of hydrogen-bond acceptors (Lipinski definition) is 2. The number of phenolic OH excluding ortho intramolecular Hbond substituents is 1. The van der Waals surface area contributed by atoms with E-state index in [1.165, 1.54) is 16.7 Å². The molecule has 0 spiro atoms. The fourth-order valence-corrected chi connectivity index (χ4v) is 3.26. The van der Waals surface area contributed by atoms with E-state index in [4.69, 9.17) is 0 Å². The van der Waals surface area contributed by atoms with E-state index in [-0.39, 0.29) is 5.91 Å². The molecule has 0 heterocycles. The number of allylic oxidation sites excluding steroid dienone is 6. The number of carbonyl (C=O) groups excluding carboxylic acids is 1. The van der Waals surface area contributed by atoms with Crippen LogP contribution >= 0.6 is 0 Å². The quantitative estimate of drug-likeness (QED) is 0.899. The fraction of sp³-hybridized carbons (Fsp3) is 0.211. The maximum absolute atomic E-state index is 12.4. The van der Waals surface area contributed by atoms with Crippen LogP contribution in [0, 0.1) is 13.8 Å². The lowest BCUT2D eigenvalue weighted by Gasteiger charge is -2.10. The lowest BCUT2D eigenvalue weighted by Crippen LogP contribution is -2.24. The fourth-order valence-electron chi connectivity index (χ4n) is 3.26. The number of rotatable bonds is 3. The molecule has 3 nitrogen and oxygen atoms in total. The number of hydrogen-bond donors (Lipinski definition) is 2. The van der Waals surface area contributed by atoms with Crippen LogP contribution in [0.5, 0.6) is 5.75 Å². The van der Waals surface area contributed by atoms with Gasteiger partial charge in [-0.25, -0.2) is 0 Å². The van der Waals surface area contributed by atoms with Gasteiger partial charge in [-0.15, -0.1) is 0 Å². The molecule has 2 N–H and O–H groups in total. The van der Waals surface area contributed by atoms with Crippen molar-refractivity contribution in [2.24, 2.45) is 0 Å². The van der Waals surface area contributed by atoms with Crippen LogP contribution < -0.4 is 5.32 Å². The predicted octanol–water partition coefficient (Wildman–Crippen LogP) is 3.13. The number of phenols is 1. The van der Waals surface area contributed by atoms with Crippen LogP contribution in [0.15, 0.2) is 58.2 Å². The Hall–Kier alpha value is -2.55. The molecule has 0 aromatic heterocycles. The summed E-state index contributed by atoms with van der Waals surface area (Å²) in [4.78, 5) is 12.4. The summed E-state index contributed by atoms with van der Waals surface area (Å²) >= 11 is 0. The zero-order valence-electron chi connectivity index (χ0n) is 12.7. The van der Waals surface area contributed by atoms with Crippen LogP contribution in [-0.4, -0.2) is 11.0 Å². The summed E-state index contributed by atoms with van der Waals surface area (Å²) in [5, 5.41) is 12.8. The van der Waals surface area contributed by atoms with Crippen LogP contribution in [0.25, 0.3) is 0 Å². The first-order valence-corrected chi connectivity index (χ1v) is 7.48. The summed E-state index contributed by atoms with van der Waals surface area (Å²) in [5.41, 5.74) is 8.51. The summed E-state index contributed by atoms with van der Waals surface area (Å²) in [6.45, 7) is 4.20. The molecular weight excluding hydrogens is 274 g/mol. The van der Waals surface area contributed by atoms with Crippen molar-refractivity contribution in [3.05, 3.63) is 74.9 Å². The number of nitrogens with one attached hydrogen (secondary N) is 1. The monoisotopic (exact) mass is 291 g/mol. The molecule has 1 aromatic carbocycles. The van der Waals surface area contributed by atoms with Crippen molar-refractivity contribution in [2.75, 3.05) is 0 Å². The summed E-state index contributed by atoms with van der Waals surface area (Å²) < 4.78 is 0. The lowest BCUT2D eigenvalue weighted by atomic mass is 10.1.